The molecule has 61 heavy (non-hydrogen) atoms. The topological polar surface area (TPSA) is 40.6 Å². The van der Waals surface area contributed by atoms with Crippen LogP contribution in [0.4, 0.5) is 0 Å². The van der Waals surface area contributed by atoms with Crippen LogP contribution >= 0.6 is 0 Å². The summed E-state index contributed by atoms with van der Waals surface area (Å²) >= 11 is 0. The normalized spacial score (nSPS) is 14.5. The average molecular weight is 778 g/mol. The molecule has 8 aromatic carbocycles. The van der Waals surface area contributed by atoms with Gasteiger partial charge in [-0.15, -0.1) is 0 Å². The maximum atomic E-state index is 5.60. The minimum absolute atomic E-state index is 0.216. The molecule has 284 valence electrons. The van der Waals surface area contributed by atoms with Gasteiger partial charge in [-0.2, -0.15) is 0 Å². The molecule has 4 aromatic heterocycles. The summed E-state index contributed by atoms with van der Waals surface area (Å²) in [7, 11) is 0. The highest BCUT2D eigenvalue weighted by atomic mass is 15.1. The Morgan fingerprint density at radius 3 is 1.87 bits per heavy atom. The average Bonchev–Trinajstić information content (AvgIpc) is 3.93. The van der Waals surface area contributed by atoms with Gasteiger partial charge >= 0.3 is 0 Å². The van der Waals surface area contributed by atoms with Crippen LogP contribution in [0.3, 0.4) is 0 Å². The summed E-state index contributed by atoms with van der Waals surface area (Å²) in [5.74, 6) is 0.818. The van der Waals surface area contributed by atoms with Gasteiger partial charge in [0.2, 0.25) is 0 Å². The van der Waals surface area contributed by atoms with E-state index in [0.717, 1.165) is 45.6 Å². The third-order valence-electron chi connectivity index (χ3n) is 13.3. The largest absolute Gasteiger partial charge is 0.333 e. The lowest BCUT2D eigenvalue weighted by molar-refractivity contribution is 0.648. The Hall–Kier alpha value is -8.02. The quantitative estimate of drug-likeness (QED) is 0.179. The van der Waals surface area contributed by atoms with Gasteiger partial charge < -0.3 is 9.13 Å². The minimum atomic E-state index is 0.216. The summed E-state index contributed by atoms with van der Waals surface area (Å²) < 4.78 is 7.40. The second-order valence-corrected chi connectivity index (χ2v) is 16.4. The Bertz CT molecular complexity index is 3930. The molecule has 0 fully saturated rings. The molecule has 0 bridgehead atoms. The van der Waals surface area contributed by atoms with Gasteiger partial charge in [0.15, 0.2) is 5.82 Å². The zero-order valence-electron chi connectivity index (χ0n) is 33.0. The first kappa shape index (κ1) is 32.9. The van der Waals surface area contributed by atoms with E-state index in [1.165, 1.54) is 82.3 Å². The molecule has 5 nitrogen and oxygen atoms in total. The van der Waals surface area contributed by atoms with Crippen LogP contribution in [0.5, 0.6) is 0 Å². The highest BCUT2D eigenvalue weighted by Crippen LogP contribution is 2.49. The van der Waals surface area contributed by atoms with Crippen LogP contribution in [0.2, 0.25) is 0 Å². The molecular weight excluding hydrogens is 743 g/mol. The zero-order valence-corrected chi connectivity index (χ0v) is 33.0. The van der Waals surface area contributed by atoms with Gasteiger partial charge in [0, 0.05) is 54.5 Å². The first-order valence-electron chi connectivity index (χ1n) is 21.1. The van der Waals surface area contributed by atoms with E-state index in [2.05, 4.69) is 208 Å². The van der Waals surface area contributed by atoms with Crippen LogP contribution in [-0.2, 0) is 0 Å². The van der Waals surface area contributed by atoms with Gasteiger partial charge in [-0.1, -0.05) is 146 Å². The van der Waals surface area contributed by atoms with Gasteiger partial charge in [0.05, 0.1) is 50.3 Å². The van der Waals surface area contributed by atoms with Crippen molar-refractivity contribution in [2.24, 2.45) is 0 Å². The number of para-hydroxylation sites is 6. The van der Waals surface area contributed by atoms with Crippen LogP contribution in [0, 0.1) is 0 Å². The molecule has 5 heterocycles. The van der Waals surface area contributed by atoms with E-state index >= 15 is 0 Å². The number of fused-ring (bicyclic) bond motifs is 15. The first-order valence-corrected chi connectivity index (χ1v) is 21.1. The highest BCUT2D eigenvalue weighted by molar-refractivity contribution is 6.22. The SMILES string of the molecule is C1=CCC(n2c3ccccc3c3c(-c4nc5ccccc5nc4-n4c5ccccc5c5cc6c(cc54)c4cccc5c4n6-c4ccccc4-c4ccccc4-5)cccc32)C=C1. The van der Waals surface area contributed by atoms with Crippen LogP contribution in [-0.4, -0.2) is 23.7 Å². The molecule has 1 aliphatic heterocycles. The molecule has 0 radical (unpaired) electrons. The Kier molecular flexibility index (Phi) is 6.61. The maximum Gasteiger partial charge on any atom is 0.165 e. The van der Waals surface area contributed by atoms with E-state index in [4.69, 9.17) is 9.97 Å². The van der Waals surface area contributed by atoms with E-state index in [1.807, 2.05) is 0 Å². The number of benzene rings is 8. The van der Waals surface area contributed by atoms with Crippen molar-refractivity contribution in [3.63, 3.8) is 0 Å². The van der Waals surface area contributed by atoms with Crippen molar-refractivity contribution in [3.05, 3.63) is 194 Å². The van der Waals surface area contributed by atoms with Crippen molar-refractivity contribution in [3.8, 4) is 45.0 Å². The summed E-state index contributed by atoms with van der Waals surface area (Å²) in [6, 6.07) is 62.2. The Morgan fingerprint density at radius 1 is 0.426 bits per heavy atom. The standard InChI is InChI=1S/C56H35N5/c1-2-16-34(17-3-1)59-49-30-13-8-22-41(49)53-42(25-15-31-50(53)59)54-56(58-46-27-10-9-26-45(46)57-54)61-48-29-12-7-21-38(48)43-32-51-44(33-52(43)61)40-24-14-23-39-36-19-5-4-18-35(36)37-20-6-11-28-47(37)60(51)55(39)40/h1-16,18-34H,17H2. The van der Waals surface area contributed by atoms with Crippen molar-refractivity contribution >= 4 is 76.5 Å². The maximum absolute atomic E-state index is 5.60. The third kappa shape index (κ3) is 4.44. The molecule has 14 rings (SSSR count). The van der Waals surface area contributed by atoms with Gasteiger partial charge in [-0.3, -0.25) is 4.57 Å². The van der Waals surface area contributed by atoms with E-state index < -0.39 is 0 Å². The summed E-state index contributed by atoms with van der Waals surface area (Å²) in [4.78, 5) is 11.2. The highest BCUT2D eigenvalue weighted by Gasteiger charge is 2.28. The predicted molar refractivity (Wildman–Crippen MR) is 253 cm³/mol. The minimum Gasteiger partial charge on any atom is -0.333 e. The summed E-state index contributed by atoms with van der Waals surface area (Å²) in [6.07, 6.45) is 9.85. The lowest BCUT2D eigenvalue weighted by atomic mass is 9.94. The fraction of sp³-hybridized carbons (Fsp3) is 0.0357. The van der Waals surface area contributed by atoms with Crippen molar-refractivity contribution in [1.82, 2.24) is 23.7 Å². The number of hydrogen-bond donors (Lipinski definition) is 0. The number of allylic oxidation sites excluding steroid dienone is 4. The fourth-order valence-electron chi connectivity index (χ4n) is 10.8. The van der Waals surface area contributed by atoms with E-state index in [-0.39, 0.29) is 6.04 Å². The Balaban J connectivity index is 1.12. The van der Waals surface area contributed by atoms with Crippen LogP contribution < -0.4 is 0 Å². The smallest absolute Gasteiger partial charge is 0.165 e. The summed E-state index contributed by atoms with van der Waals surface area (Å²) in [5, 5.41) is 7.20. The van der Waals surface area contributed by atoms with Gasteiger partial charge in [-0.05, 0) is 66.1 Å². The number of rotatable bonds is 3. The van der Waals surface area contributed by atoms with E-state index in [0.29, 0.717) is 0 Å². The molecule has 0 saturated carbocycles. The molecule has 0 spiro atoms. The second kappa shape index (κ2) is 12.3. The summed E-state index contributed by atoms with van der Waals surface area (Å²) in [6.45, 7) is 0. The molecular formula is C56H35N5. The molecule has 1 atom stereocenters. The second-order valence-electron chi connectivity index (χ2n) is 16.4. The summed E-state index contributed by atoms with van der Waals surface area (Å²) in [5.41, 5.74) is 16.9. The van der Waals surface area contributed by atoms with Crippen LogP contribution in [0.25, 0.3) is 121 Å². The van der Waals surface area contributed by atoms with Gasteiger partial charge in [0.25, 0.3) is 0 Å². The van der Waals surface area contributed by atoms with Gasteiger partial charge in [0.1, 0.15) is 5.69 Å². The molecule has 5 heteroatoms. The molecule has 1 unspecified atom stereocenters. The number of hydrogen-bond acceptors (Lipinski definition) is 2. The lowest BCUT2D eigenvalue weighted by Gasteiger charge is -2.18. The monoisotopic (exact) mass is 777 g/mol. The van der Waals surface area contributed by atoms with Crippen molar-refractivity contribution < 1.29 is 0 Å². The van der Waals surface area contributed by atoms with E-state index in [1.54, 1.807) is 0 Å². The Morgan fingerprint density at radius 2 is 1.03 bits per heavy atom. The molecule has 1 aliphatic carbocycles. The lowest BCUT2D eigenvalue weighted by Crippen LogP contribution is -2.07. The fourth-order valence-corrected chi connectivity index (χ4v) is 10.8. The molecule has 12 aromatic rings. The molecule has 2 aliphatic rings. The predicted octanol–water partition coefficient (Wildman–Crippen LogP) is 14.3. The third-order valence-corrected chi connectivity index (χ3v) is 13.3. The van der Waals surface area contributed by atoms with E-state index in [9.17, 15) is 0 Å². The zero-order chi connectivity index (χ0) is 39.8. The van der Waals surface area contributed by atoms with Crippen LogP contribution in [0.1, 0.15) is 12.5 Å². The molecule has 0 saturated heterocycles. The Labute approximate surface area is 350 Å². The first-order chi connectivity index (χ1) is 30.3. The van der Waals surface area contributed by atoms with Crippen molar-refractivity contribution in [2.45, 2.75) is 12.5 Å². The van der Waals surface area contributed by atoms with Gasteiger partial charge in [-0.25, -0.2) is 9.97 Å². The van der Waals surface area contributed by atoms with Crippen molar-refractivity contribution in [2.75, 3.05) is 0 Å². The number of nitrogens with zero attached hydrogens (tertiary/aromatic N) is 5. The van der Waals surface area contributed by atoms with Crippen LogP contribution in [0.15, 0.2) is 194 Å². The molecule has 0 N–H and O–H groups in total. The number of aromatic nitrogens is 5. The van der Waals surface area contributed by atoms with Crippen molar-refractivity contribution in [1.29, 1.82) is 0 Å². The molecule has 0 amide bonds.